The van der Waals surface area contributed by atoms with E-state index in [1.54, 1.807) is 10.9 Å². The topological polar surface area (TPSA) is 46.9 Å². The van der Waals surface area contributed by atoms with Crippen molar-refractivity contribution in [3.05, 3.63) is 42.7 Å². The molecular formula is C12H12BrN3O. The molecule has 1 aromatic heterocycles. The number of benzene rings is 1. The summed E-state index contributed by atoms with van der Waals surface area (Å²) in [6, 6.07) is 9.43. The van der Waals surface area contributed by atoms with Crippen LogP contribution in [0.25, 0.3) is 5.69 Å². The molecule has 0 saturated carbocycles. The molecule has 2 aromatic rings. The SMILES string of the molecule is O=C(CCBr)Nc1cccc(-n2cccn2)c1. The number of alkyl halides is 1. The molecule has 0 bridgehead atoms. The van der Waals surface area contributed by atoms with Crippen LogP contribution in [0, 0.1) is 0 Å². The average Bonchev–Trinajstić information content (AvgIpc) is 2.83. The van der Waals surface area contributed by atoms with Crippen molar-refractivity contribution in [3.63, 3.8) is 0 Å². The molecule has 0 fully saturated rings. The van der Waals surface area contributed by atoms with Crippen LogP contribution in [0.5, 0.6) is 0 Å². The third-order valence-corrected chi connectivity index (χ3v) is 2.62. The second-order valence-electron chi connectivity index (χ2n) is 3.49. The summed E-state index contributed by atoms with van der Waals surface area (Å²) >= 11 is 3.23. The molecule has 2 rings (SSSR count). The number of hydrogen-bond donors (Lipinski definition) is 1. The maximum Gasteiger partial charge on any atom is 0.225 e. The van der Waals surface area contributed by atoms with Gasteiger partial charge in [0.1, 0.15) is 0 Å². The third-order valence-electron chi connectivity index (χ3n) is 2.22. The lowest BCUT2D eigenvalue weighted by molar-refractivity contribution is -0.115. The normalized spacial score (nSPS) is 10.2. The van der Waals surface area contributed by atoms with Crippen LogP contribution in [0.4, 0.5) is 5.69 Å². The molecule has 17 heavy (non-hydrogen) atoms. The predicted octanol–water partition coefficient (Wildman–Crippen LogP) is 2.60. The molecular weight excluding hydrogens is 282 g/mol. The number of halogens is 1. The van der Waals surface area contributed by atoms with Crippen LogP contribution in [0.15, 0.2) is 42.7 Å². The lowest BCUT2D eigenvalue weighted by Gasteiger charge is -2.06. The third kappa shape index (κ3) is 3.17. The fourth-order valence-corrected chi connectivity index (χ4v) is 1.82. The van der Waals surface area contributed by atoms with Gasteiger partial charge in [-0.15, -0.1) is 0 Å². The van der Waals surface area contributed by atoms with E-state index in [1.165, 1.54) is 0 Å². The van der Waals surface area contributed by atoms with Gasteiger partial charge in [-0.25, -0.2) is 4.68 Å². The van der Waals surface area contributed by atoms with Crippen LogP contribution in [-0.2, 0) is 4.79 Å². The van der Waals surface area contributed by atoms with Crippen molar-refractivity contribution in [3.8, 4) is 5.69 Å². The molecule has 0 aliphatic carbocycles. The van der Waals surface area contributed by atoms with E-state index < -0.39 is 0 Å². The number of anilines is 1. The summed E-state index contributed by atoms with van der Waals surface area (Å²) in [6.07, 6.45) is 4.04. The number of amides is 1. The van der Waals surface area contributed by atoms with Crippen LogP contribution in [0.2, 0.25) is 0 Å². The van der Waals surface area contributed by atoms with Gasteiger partial charge in [0.05, 0.1) is 5.69 Å². The van der Waals surface area contributed by atoms with Crippen molar-refractivity contribution < 1.29 is 4.79 Å². The van der Waals surface area contributed by atoms with Gasteiger partial charge >= 0.3 is 0 Å². The summed E-state index contributed by atoms with van der Waals surface area (Å²) in [4.78, 5) is 11.4. The Labute approximate surface area is 108 Å². The van der Waals surface area contributed by atoms with Crippen LogP contribution >= 0.6 is 15.9 Å². The maximum atomic E-state index is 11.4. The van der Waals surface area contributed by atoms with Crippen LogP contribution in [0.1, 0.15) is 6.42 Å². The maximum absolute atomic E-state index is 11.4. The Morgan fingerprint density at radius 1 is 1.41 bits per heavy atom. The molecule has 1 N–H and O–H groups in total. The van der Waals surface area contributed by atoms with Gasteiger partial charge in [0.15, 0.2) is 0 Å². The quantitative estimate of drug-likeness (QED) is 0.881. The molecule has 0 saturated heterocycles. The van der Waals surface area contributed by atoms with E-state index in [1.807, 2.05) is 36.5 Å². The van der Waals surface area contributed by atoms with E-state index in [0.29, 0.717) is 11.8 Å². The summed E-state index contributed by atoms with van der Waals surface area (Å²) in [6.45, 7) is 0. The molecule has 0 aliphatic heterocycles. The van der Waals surface area contributed by atoms with Gasteiger partial charge in [-0.1, -0.05) is 22.0 Å². The van der Waals surface area contributed by atoms with E-state index in [9.17, 15) is 4.79 Å². The van der Waals surface area contributed by atoms with Gasteiger partial charge < -0.3 is 5.32 Å². The Morgan fingerprint density at radius 2 is 2.29 bits per heavy atom. The van der Waals surface area contributed by atoms with E-state index in [0.717, 1.165) is 11.4 Å². The highest BCUT2D eigenvalue weighted by Gasteiger charge is 2.02. The fourth-order valence-electron chi connectivity index (χ4n) is 1.46. The molecule has 5 heteroatoms. The van der Waals surface area contributed by atoms with Crippen molar-refractivity contribution >= 4 is 27.5 Å². The Morgan fingerprint density at radius 3 is 3.00 bits per heavy atom. The fraction of sp³-hybridized carbons (Fsp3) is 0.167. The summed E-state index contributed by atoms with van der Waals surface area (Å²) in [5, 5.41) is 7.64. The summed E-state index contributed by atoms with van der Waals surface area (Å²) in [5.74, 6) is -0.000472. The highest BCUT2D eigenvalue weighted by Crippen LogP contribution is 2.14. The van der Waals surface area contributed by atoms with E-state index in [2.05, 4.69) is 26.3 Å². The van der Waals surface area contributed by atoms with Crippen LogP contribution in [-0.4, -0.2) is 21.0 Å². The van der Waals surface area contributed by atoms with Crippen molar-refractivity contribution in [1.29, 1.82) is 0 Å². The van der Waals surface area contributed by atoms with Gasteiger partial charge in [0.2, 0.25) is 5.91 Å². The molecule has 1 amide bonds. The highest BCUT2D eigenvalue weighted by atomic mass is 79.9. The Balaban J connectivity index is 2.15. The lowest BCUT2D eigenvalue weighted by atomic mass is 10.2. The van der Waals surface area contributed by atoms with E-state index >= 15 is 0 Å². The molecule has 1 heterocycles. The first-order valence-electron chi connectivity index (χ1n) is 5.25. The largest absolute Gasteiger partial charge is 0.326 e. The molecule has 0 unspecified atom stereocenters. The first-order chi connectivity index (χ1) is 8.29. The Bertz CT molecular complexity index is 496. The number of rotatable bonds is 4. The Hall–Kier alpha value is -1.62. The smallest absolute Gasteiger partial charge is 0.225 e. The zero-order chi connectivity index (χ0) is 12.1. The van der Waals surface area contributed by atoms with Gasteiger partial charge in [-0.3, -0.25) is 4.79 Å². The molecule has 0 radical (unpaired) electrons. The number of hydrogen-bond acceptors (Lipinski definition) is 2. The van der Waals surface area contributed by atoms with Gasteiger partial charge in [0.25, 0.3) is 0 Å². The number of carbonyl (C=O) groups excluding carboxylic acids is 1. The number of carbonyl (C=O) groups is 1. The predicted molar refractivity (Wildman–Crippen MR) is 70.6 cm³/mol. The van der Waals surface area contributed by atoms with Crippen LogP contribution in [0.3, 0.4) is 0 Å². The zero-order valence-corrected chi connectivity index (χ0v) is 10.7. The molecule has 0 spiro atoms. The number of nitrogens with one attached hydrogen (secondary N) is 1. The minimum Gasteiger partial charge on any atom is -0.326 e. The lowest BCUT2D eigenvalue weighted by Crippen LogP contribution is -2.11. The molecule has 0 aliphatic rings. The molecule has 88 valence electrons. The summed E-state index contributed by atoms with van der Waals surface area (Å²) < 4.78 is 1.75. The first kappa shape index (κ1) is 11.9. The highest BCUT2D eigenvalue weighted by molar-refractivity contribution is 9.09. The summed E-state index contributed by atoms with van der Waals surface area (Å²) in [7, 11) is 0. The van der Waals surface area contributed by atoms with Crippen molar-refractivity contribution in [2.75, 3.05) is 10.6 Å². The zero-order valence-electron chi connectivity index (χ0n) is 9.14. The van der Waals surface area contributed by atoms with Crippen molar-refractivity contribution in [2.45, 2.75) is 6.42 Å². The number of nitrogens with zero attached hydrogens (tertiary/aromatic N) is 2. The minimum absolute atomic E-state index is 0.000472. The van der Waals surface area contributed by atoms with Crippen molar-refractivity contribution in [1.82, 2.24) is 9.78 Å². The minimum atomic E-state index is -0.000472. The van der Waals surface area contributed by atoms with E-state index in [4.69, 9.17) is 0 Å². The van der Waals surface area contributed by atoms with Crippen molar-refractivity contribution in [2.24, 2.45) is 0 Å². The molecule has 4 nitrogen and oxygen atoms in total. The number of aromatic nitrogens is 2. The summed E-state index contributed by atoms with van der Waals surface area (Å²) in [5.41, 5.74) is 1.70. The van der Waals surface area contributed by atoms with Crippen LogP contribution < -0.4 is 5.32 Å². The Kier molecular flexibility index (Phi) is 3.93. The standard InChI is InChI=1S/C12H12BrN3O/c13-6-5-12(17)15-10-3-1-4-11(9-10)16-8-2-7-14-16/h1-4,7-9H,5-6H2,(H,15,17). The second kappa shape index (κ2) is 5.63. The first-order valence-corrected chi connectivity index (χ1v) is 6.37. The molecule has 0 atom stereocenters. The second-order valence-corrected chi connectivity index (χ2v) is 4.28. The van der Waals surface area contributed by atoms with E-state index in [-0.39, 0.29) is 5.91 Å². The average molecular weight is 294 g/mol. The molecule has 1 aromatic carbocycles. The monoisotopic (exact) mass is 293 g/mol. The van der Waals surface area contributed by atoms with Gasteiger partial charge in [0, 0.05) is 29.8 Å². The van der Waals surface area contributed by atoms with Gasteiger partial charge in [-0.05, 0) is 24.3 Å². The van der Waals surface area contributed by atoms with Gasteiger partial charge in [-0.2, -0.15) is 5.10 Å².